The SMILES string of the molecule is C[C@@H]1CC(C)(C)OB(O)O1. The van der Waals surface area contributed by atoms with Crippen molar-refractivity contribution in [3.05, 3.63) is 0 Å². The van der Waals surface area contributed by atoms with Gasteiger partial charge in [-0.25, -0.2) is 0 Å². The van der Waals surface area contributed by atoms with Gasteiger partial charge >= 0.3 is 7.32 Å². The highest BCUT2D eigenvalue weighted by Crippen LogP contribution is 2.24. The first kappa shape index (κ1) is 8.05. The molecule has 0 aromatic carbocycles. The maximum Gasteiger partial charge on any atom is 0.637 e. The summed E-state index contributed by atoms with van der Waals surface area (Å²) in [5, 5.41) is 8.97. The topological polar surface area (TPSA) is 38.7 Å². The molecule has 1 N–H and O–H groups in total. The van der Waals surface area contributed by atoms with E-state index in [9.17, 15) is 0 Å². The van der Waals surface area contributed by atoms with Gasteiger partial charge in [0.2, 0.25) is 0 Å². The molecule has 1 rings (SSSR count). The second-order valence-corrected chi connectivity index (χ2v) is 3.34. The summed E-state index contributed by atoms with van der Waals surface area (Å²) in [6.07, 6.45) is 0.906. The smallest absolute Gasteiger partial charge is 0.402 e. The number of hydrogen-bond donors (Lipinski definition) is 1. The summed E-state index contributed by atoms with van der Waals surface area (Å²) < 4.78 is 10.0. The van der Waals surface area contributed by atoms with Crippen molar-refractivity contribution in [2.75, 3.05) is 0 Å². The first-order valence-corrected chi connectivity index (χ1v) is 3.51. The van der Waals surface area contributed by atoms with Crippen molar-refractivity contribution in [1.29, 1.82) is 0 Å². The van der Waals surface area contributed by atoms with Crippen LogP contribution in [0.15, 0.2) is 0 Å². The van der Waals surface area contributed by atoms with Crippen molar-refractivity contribution < 1.29 is 14.3 Å². The third-order valence-electron chi connectivity index (χ3n) is 1.55. The van der Waals surface area contributed by atoms with Gasteiger partial charge in [0.15, 0.2) is 0 Å². The fourth-order valence-corrected chi connectivity index (χ4v) is 1.29. The van der Waals surface area contributed by atoms with Crippen LogP contribution in [0.5, 0.6) is 0 Å². The second kappa shape index (κ2) is 2.53. The van der Waals surface area contributed by atoms with Crippen LogP contribution in [0.4, 0.5) is 0 Å². The Morgan fingerprint density at radius 2 is 2.20 bits per heavy atom. The summed E-state index contributed by atoms with van der Waals surface area (Å²) in [5.41, 5.74) is -0.253. The van der Waals surface area contributed by atoms with Gasteiger partial charge in [0.1, 0.15) is 0 Å². The normalized spacial score (nSPS) is 32.4. The van der Waals surface area contributed by atoms with Crippen LogP contribution < -0.4 is 0 Å². The molecule has 1 atom stereocenters. The van der Waals surface area contributed by atoms with Gasteiger partial charge in [-0.3, -0.25) is 0 Å². The van der Waals surface area contributed by atoms with E-state index in [0.717, 1.165) is 6.42 Å². The van der Waals surface area contributed by atoms with Gasteiger partial charge in [0, 0.05) is 6.10 Å². The maximum atomic E-state index is 8.97. The Morgan fingerprint density at radius 3 is 2.60 bits per heavy atom. The highest BCUT2D eigenvalue weighted by Gasteiger charge is 2.36. The van der Waals surface area contributed by atoms with Crippen molar-refractivity contribution in [3.63, 3.8) is 0 Å². The lowest BCUT2D eigenvalue weighted by Crippen LogP contribution is -2.45. The van der Waals surface area contributed by atoms with Crippen LogP contribution in [0.25, 0.3) is 0 Å². The van der Waals surface area contributed by atoms with E-state index in [-0.39, 0.29) is 11.7 Å². The Morgan fingerprint density at radius 1 is 1.60 bits per heavy atom. The Bertz CT molecular complexity index is 114. The Balaban J connectivity index is 2.51. The van der Waals surface area contributed by atoms with Crippen LogP contribution in [0.2, 0.25) is 0 Å². The van der Waals surface area contributed by atoms with Crippen LogP contribution in [-0.4, -0.2) is 24.1 Å². The van der Waals surface area contributed by atoms with Gasteiger partial charge in [0.25, 0.3) is 0 Å². The zero-order valence-corrected chi connectivity index (χ0v) is 6.63. The molecule has 1 aliphatic heterocycles. The van der Waals surface area contributed by atoms with Crippen LogP contribution in [-0.2, 0) is 9.31 Å². The Kier molecular flexibility index (Phi) is 2.03. The molecule has 1 fully saturated rings. The summed E-state index contributed by atoms with van der Waals surface area (Å²) in [6, 6.07) is 0. The summed E-state index contributed by atoms with van der Waals surface area (Å²) >= 11 is 0. The summed E-state index contributed by atoms with van der Waals surface area (Å²) in [6.45, 7) is 5.80. The highest BCUT2D eigenvalue weighted by atomic mass is 16.7. The first-order chi connectivity index (χ1) is 4.49. The van der Waals surface area contributed by atoms with E-state index in [1.54, 1.807) is 0 Å². The van der Waals surface area contributed by atoms with Crippen LogP contribution in [0.3, 0.4) is 0 Å². The molecule has 4 heteroatoms. The molecule has 0 saturated carbocycles. The van der Waals surface area contributed by atoms with E-state index in [1.807, 2.05) is 20.8 Å². The maximum absolute atomic E-state index is 8.97. The highest BCUT2D eigenvalue weighted by molar-refractivity contribution is 6.35. The lowest BCUT2D eigenvalue weighted by atomic mass is 9.95. The lowest BCUT2D eigenvalue weighted by molar-refractivity contribution is -0.0570. The molecule has 1 aliphatic rings. The molecule has 0 aromatic rings. The molecule has 0 aromatic heterocycles. The van der Waals surface area contributed by atoms with Gasteiger partial charge in [0.05, 0.1) is 5.60 Å². The minimum absolute atomic E-state index is 0.0822. The van der Waals surface area contributed by atoms with Gasteiger partial charge in [-0.2, -0.15) is 0 Å². The molecule has 3 nitrogen and oxygen atoms in total. The number of hydrogen-bond acceptors (Lipinski definition) is 3. The van der Waals surface area contributed by atoms with E-state index in [2.05, 4.69) is 0 Å². The third kappa shape index (κ3) is 1.97. The van der Waals surface area contributed by atoms with Crippen molar-refractivity contribution in [1.82, 2.24) is 0 Å². The van der Waals surface area contributed by atoms with Crippen LogP contribution in [0.1, 0.15) is 27.2 Å². The average Bonchev–Trinajstić information content (AvgIpc) is 1.54. The van der Waals surface area contributed by atoms with Gasteiger partial charge in [-0.1, -0.05) is 0 Å². The summed E-state index contributed by atoms with van der Waals surface area (Å²) in [5.74, 6) is 0. The largest absolute Gasteiger partial charge is 0.637 e. The molecule has 0 radical (unpaired) electrons. The molecular formula is C6H13BO3. The van der Waals surface area contributed by atoms with Crippen molar-refractivity contribution in [3.8, 4) is 0 Å². The monoisotopic (exact) mass is 144 g/mol. The first-order valence-electron chi connectivity index (χ1n) is 3.51. The van der Waals surface area contributed by atoms with Crippen molar-refractivity contribution in [2.24, 2.45) is 0 Å². The van der Waals surface area contributed by atoms with Crippen LogP contribution in [0, 0.1) is 0 Å². The molecule has 0 aliphatic carbocycles. The fourth-order valence-electron chi connectivity index (χ4n) is 1.29. The summed E-state index contributed by atoms with van der Waals surface area (Å²) in [4.78, 5) is 0. The zero-order chi connectivity index (χ0) is 7.78. The standard InChI is InChI=1S/C6H13BO3/c1-5-4-6(2,3)10-7(8)9-5/h5,8H,4H2,1-3H3/t5-/m1/s1. The summed E-state index contributed by atoms with van der Waals surface area (Å²) in [7, 11) is -1.04. The molecule has 0 spiro atoms. The van der Waals surface area contributed by atoms with E-state index in [4.69, 9.17) is 14.3 Å². The Hall–Kier alpha value is -0.0551. The molecule has 58 valence electrons. The predicted molar refractivity (Wildman–Crippen MR) is 38.3 cm³/mol. The molecule has 0 bridgehead atoms. The van der Waals surface area contributed by atoms with Gasteiger partial charge < -0.3 is 14.3 Å². The van der Waals surface area contributed by atoms with Gasteiger partial charge in [-0.05, 0) is 27.2 Å². The van der Waals surface area contributed by atoms with Crippen molar-refractivity contribution in [2.45, 2.75) is 38.9 Å². The predicted octanol–water partition coefficient (Wildman–Crippen LogP) is 0.568. The van der Waals surface area contributed by atoms with E-state index in [0.29, 0.717) is 0 Å². The minimum Gasteiger partial charge on any atom is -0.402 e. The van der Waals surface area contributed by atoms with Crippen molar-refractivity contribution >= 4 is 7.32 Å². The molecular weight excluding hydrogens is 131 g/mol. The molecule has 1 saturated heterocycles. The lowest BCUT2D eigenvalue weighted by Gasteiger charge is -2.35. The van der Waals surface area contributed by atoms with Gasteiger partial charge in [-0.15, -0.1) is 0 Å². The molecule has 0 amide bonds. The second-order valence-electron chi connectivity index (χ2n) is 3.34. The zero-order valence-electron chi connectivity index (χ0n) is 6.63. The van der Waals surface area contributed by atoms with E-state index < -0.39 is 7.32 Å². The molecule has 1 heterocycles. The fraction of sp³-hybridized carbons (Fsp3) is 1.00. The van der Waals surface area contributed by atoms with E-state index >= 15 is 0 Å². The Labute approximate surface area is 61.5 Å². The minimum atomic E-state index is -1.04. The van der Waals surface area contributed by atoms with E-state index in [1.165, 1.54) is 0 Å². The van der Waals surface area contributed by atoms with Crippen LogP contribution >= 0.6 is 0 Å². The number of rotatable bonds is 0. The third-order valence-corrected chi connectivity index (χ3v) is 1.55. The molecule has 0 unspecified atom stereocenters. The average molecular weight is 144 g/mol. The quantitative estimate of drug-likeness (QED) is 0.505. The molecule has 10 heavy (non-hydrogen) atoms.